The maximum atomic E-state index is 13.4. The summed E-state index contributed by atoms with van der Waals surface area (Å²) in [6.07, 6.45) is 0. The molecule has 0 unspecified atom stereocenters. The van der Waals surface area contributed by atoms with Gasteiger partial charge in [-0.1, -0.05) is 150 Å². The molecule has 0 fully saturated rings. The Balaban J connectivity index is 0.00000462. The predicted octanol–water partition coefficient (Wildman–Crippen LogP) is 6.79. The van der Waals surface area contributed by atoms with Gasteiger partial charge in [0.05, 0.1) is 12.1 Å². The maximum Gasteiger partial charge on any atom is 2.00 e. The summed E-state index contributed by atoms with van der Waals surface area (Å²) in [5.74, 6) is 0.182. The van der Waals surface area contributed by atoms with Crippen molar-refractivity contribution in [2.45, 2.75) is 77.5 Å². The van der Waals surface area contributed by atoms with E-state index in [1.165, 1.54) is 0 Å². The van der Waals surface area contributed by atoms with Crippen molar-refractivity contribution in [1.29, 1.82) is 0 Å². The first-order valence-electron chi connectivity index (χ1n) is 14.1. The fourth-order valence-corrected chi connectivity index (χ4v) is 5.25. The van der Waals surface area contributed by atoms with Gasteiger partial charge >= 0.3 is 17.1 Å². The molecule has 4 aromatic carbocycles. The molecule has 41 heavy (non-hydrogen) atoms. The minimum Gasteiger partial charge on any atom is -0.872 e. The second kappa shape index (κ2) is 13.7. The van der Waals surface area contributed by atoms with Crippen molar-refractivity contribution >= 4 is 0 Å². The van der Waals surface area contributed by atoms with Gasteiger partial charge in [0.15, 0.2) is 0 Å². The van der Waals surface area contributed by atoms with Crippen LogP contribution < -0.4 is 20.8 Å². The third-order valence-electron chi connectivity index (χ3n) is 7.48. The van der Waals surface area contributed by atoms with E-state index in [2.05, 4.69) is 76.4 Å². The summed E-state index contributed by atoms with van der Waals surface area (Å²) >= 11 is 0. The van der Waals surface area contributed by atoms with E-state index in [4.69, 9.17) is 0 Å². The molecule has 4 nitrogen and oxygen atoms in total. The second-order valence-corrected chi connectivity index (χ2v) is 12.6. The summed E-state index contributed by atoms with van der Waals surface area (Å²) in [4.78, 5) is 0. The number of hydrogen-bond donors (Lipinski definition) is 2. The Bertz CT molecular complexity index is 1280. The van der Waals surface area contributed by atoms with Crippen LogP contribution in [0.4, 0.5) is 0 Å². The molecular formula is C36H42MnN2O2. The average molecular weight is 590 g/mol. The molecule has 0 aliphatic carbocycles. The van der Waals surface area contributed by atoms with E-state index < -0.39 is 0 Å². The minimum absolute atomic E-state index is 0. The van der Waals surface area contributed by atoms with Gasteiger partial charge in [-0.05, 0) is 33.1 Å². The van der Waals surface area contributed by atoms with E-state index >= 15 is 0 Å². The quantitative estimate of drug-likeness (QED) is 0.211. The van der Waals surface area contributed by atoms with Gasteiger partial charge in [-0.25, -0.2) is 0 Å². The number of para-hydroxylation sites is 2. The summed E-state index contributed by atoms with van der Waals surface area (Å²) in [6.45, 7) is 13.3. The third kappa shape index (κ3) is 8.02. The van der Waals surface area contributed by atoms with Crippen LogP contribution in [0, 0.1) is 0 Å². The first kappa shape index (κ1) is 32.4. The van der Waals surface area contributed by atoms with Gasteiger partial charge in [0.2, 0.25) is 0 Å². The summed E-state index contributed by atoms with van der Waals surface area (Å²) in [5.41, 5.74) is 4.91. The Hall–Kier alpha value is -3.08. The Labute approximate surface area is 256 Å². The fraction of sp³-hybridized carbons (Fsp3) is 0.333. The number of benzene rings is 4. The molecule has 4 rings (SSSR count). The van der Waals surface area contributed by atoms with Crippen LogP contribution in [0.1, 0.15) is 87.0 Å². The van der Waals surface area contributed by atoms with Gasteiger partial charge in [-0.3, -0.25) is 0 Å². The standard InChI is InChI=1S/C36H44N2O2.Mn/c1-35(2,3)29-21-13-19-27(33(29)39)23-37-31(25-15-9-7-10-16-25)32(26-17-11-8-12-18-26)38-24-28-20-14-22-30(34(28)40)36(4,5)6;/h7-22,31-32,37-40H,23-24H2,1-6H3;/q;+2/p-2/t31-,32-;/m1./s1. The van der Waals surface area contributed by atoms with Gasteiger partial charge in [0.25, 0.3) is 0 Å². The smallest absolute Gasteiger partial charge is 0.872 e. The van der Waals surface area contributed by atoms with E-state index in [-0.39, 0.29) is 51.5 Å². The molecule has 0 amide bonds. The van der Waals surface area contributed by atoms with E-state index in [0.717, 1.165) is 33.4 Å². The van der Waals surface area contributed by atoms with Gasteiger partial charge in [-0.15, -0.1) is 11.5 Å². The normalized spacial score (nSPS) is 13.3. The van der Waals surface area contributed by atoms with Gasteiger partial charge in [0, 0.05) is 13.1 Å². The van der Waals surface area contributed by atoms with E-state index in [9.17, 15) is 10.2 Å². The molecule has 0 saturated heterocycles. The molecule has 215 valence electrons. The molecule has 0 aliphatic rings. The van der Waals surface area contributed by atoms with Crippen LogP contribution in [0.15, 0.2) is 97.1 Å². The molecule has 1 radical (unpaired) electrons. The molecule has 0 aliphatic heterocycles. The Morgan fingerprint density at radius 3 is 1.17 bits per heavy atom. The number of nitrogens with one attached hydrogen (secondary N) is 2. The van der Waals surface area contributed by atoms with Crippen LogP contribution in [-0.2, 0) is 41.0 Å². The molecule has 2 N–H and O–H groups in total. The van der Waals surface area contributed by atoms with Crippen molar-refractivity contribution in [2.24, 2.45) is 0 Å². The predicted molar refractivity (Wildman–Crippen MR) is 161 cm³/mol. The number of hydrogen-bond acceptors (Lipinski definition) is 4. The second-order valence-electron chi connectivity index (χ2n) is 12.6. The molecule has 2 atom stereocenters. The number of rotatable bonds is 9. The largest absolute Gasteiger partial charge is 2.00 e. The molecule has 0 bridgehead atoms. The molecule has 5 heteroatoms. The molecule has 0 aromatic heterocycles. The van der Waals surface area contributed by atoms with Crippen molar-refractivity contribution in [3.05, 3.63) is 130 Å². The third-order valence-corrected chi connectivity index (χ3v) is 7.48. The summed E-state index contributed by atoms with van der Waals surface area (Å²) in [6, 6.07) is 31.9. The molecular weight excluding hydrogens is 547 g/mol. The Kier molecular flexibility index (Phi) is 10.9. The van der Waals surface area contributed by atoms with Gasteiger partial charge < -0.3 is 20.8 Å². The molecule has 0 spiro atoms. The van der Waals surface area contributed by atoms with E-state index in [0.29, 0.717) is 13.1 Å². The molecule has 4 aromatic rings. The van der Waals surface area contributed by atoms with Crippen molar-refractivity contribution in [3.8, 4) is 11.5 Å². The van der Waals surface area contributed by atoms with E-state index in [1.54, 1.807) is 0 Å². The molecule has 0 heterocycles. The van der Waals surface area contributed by atoms with Crippen LogP contribution >= 0.6 is 0 Å². The van der Waals surface area contributed by atoms with E-state index in [1.807, 2.05) is 72.8 Å². The summed E-state index contributed by atoms with van der Waals surface area (Å²) < 4.78 is 0. The Morgan fingerprint density at radius 1 is 0.512 bits per heavy atom. The Morgan fingerprint density at radius 2 is 0.854 bits per heavy atom. The first-order valence-corrected chi connectivity index (χ1v) is 14.1. The summed E-state index contributed by atoms with van der Waals surface area (Å²) in [5, 5.41) is 34.2. The fourth-order valence-electron chi connectivity index (χ4n) is 5.25. The summed E-state index contributed by atoms with van der Waals surface area (Å²) in [7, 11) is 0. The van der Waals surface area contributed by atoms with Crippen molar-refractivity contribution in [2.75, 3.05) is 0 Å². The van der Waals surface area contributed by atoms with Crippen LogP contribution in [-0.4, -0.2) is 0 Å². The van der Waals surface area contributed by atoms with Crippen molar-refractivity contribution in [1.82, 2.24) is 10.6 Å². The first-order chi connectivity index (χ1) is 19.0. The SMILES string of the molecule is CC(C)(C)c1cccc(CN[C@H](c2ccccc2)[C@H](NCc2cccc(C(C)(C)C)c2[O-])c2ccccc2)c1[O-].[Mn+2]. The van der Waals surface area contributed by atoms with Crippen LogP contribution in [0.2, 0.25) is 0 Å². The zero-order valence-corrected chi connectivity index (χ0v) is 26.2. The topological polar surface area (TPSA) is 70.2 Å². The monoisotopic (exact) mass is 589 g/mol. The average Bonchev–Trinajstić information content (AvgIpc) is 2.91. The minimum atomic E-state index is -0.225. The zero-order chi connectivity index (χ0) is 28.9. The van der Waals surface area contributed by atoms with Crippen LogP contribution in [0.3, 0.4) is 0 Å². The van der Waals surface area contributed by atoms with Crippen molar-refractivity contribution < 1.29 is 27.3 Å². The van der Waals surface area contributed by atoms with Crippen LogP contribution in [0.5, 0.6) is 11.5 Å². The van der Waals surface area contributed by atoms with Crippen LogP contribution in [0.25, 0.3) is 0 Å². The van der Waals surface area contributed by atoms with Crippen molar-refractivity contribution in [3.63, 3.8) is 0 Å². The van der Waals surface area contributed by atoms with Gasteiger partial charge in [0.1, 0.15) is 0 Å². The molecule has 0 saturated carbocycles. The van der Waals surface area contributed by atoms with Gasteiger partial charge in [-0.2, -0.15) is 0 Å². The zero-order valence-electron chi connectivity index (χ0n) is 25.0. The maximum absolute atomic E-state index is 13.4.